The minimum absolute atomic E-state index is 0.0830. The van der Waals surface area contributed by atoms with Crippen LogP contribution in [0.25, 0.3) is 0 Å². The van der Waals surface area contributed by atoms with Crippen molar-refractivity contribution in [2.45, 2.75) is 211 Å². The van der Waals surface area contributed by atoms with Crippen molar-refractivity contribution in [3.8, 4) is 0 Å². The molecule has 1 aliphatic rings. The predicted octanol–water partition coefficient (Wildman–Crippen LogP) is 7.83. The van der Waals surface area contributed by atoms with Gasteiger partial charge in [-0.05, 0) is 51.4 Å². The second kappa shape index (κ2) is 33.9. The van der Waals surface area contributed by atoms with Crippen molar-refractivity contribution < 1.29 is 63.1 Å². The molecule has 0 amide bonds. The molecular formula is C43H77O13P. The van der Waals surface area contributed by atoms with Gasteiger partial charge in [0.05, 0.1) is 6.61 Å². The second-order valence-corrected chi connectivity index (χ2v) is 16.6. The maximum absolute atomic E-state index is 12.8. The summed E-state index contributed by atoms with van der Waals surface area (Å²) in [5.41, 5.74) is 0. The Balaban J connectivity index is 2.47. The summed E-state index contributed by atoms with van der Waals surface area (Å²) >= 11 is 0. The monoisotopic (exact) mass is 833 g/mol. The van der Waals surface area contributed by atoms with Crippen LogP contribution in [0.3, 0.4) is 0 Å². The molecule has 332 valence electrons. The van der Waals surface area contributed by atoms with E-state index in [2.05, 4.69) is 50.3 Å². The maximum atomic E-state index is 12.8. The molecule has 1 rings (SSSR count). The molecule has 0 aromatic carbocycles. The minimum atomic E-state index is -5.11. The molecule has 0 bridgehead atoms. The van der Waals surface area contributed by atoms with E-state index >= 15 is 0 Å². The molecule has 1 saturated carbocycles. The van der Waals surface area contributed by atoms with Gasteiger partial charge in [-0.1, -0.05) is 140 Å². The molecule has 0 aliphatic heterocycles. The molecule has 0 aromatic rings. The highest BCUT2D eigenvalue weighted by Gasteiger charge is 2.51. The first-order chi connectivity index (χ1) is 27.4. The number of phosphoric acid groups is 1. The normalized spacial score (nSPS) is 23.0. The predicted molar refractivity (Wildman–Crippen MR) is 221 cm³/mol. The van der Waals surface area contributed by atoms with E-state index in [4.69, 9.17) is 18.5 Å². The number of hydrogen-bond acceptors (Lipinski definition) is 12. The number of aliphatic hydroxyl groups excluding tert-OH is 5. The fraction of sp³-hybridized carbons (Fsp3) is 0.814. The molecule has 6 N–H and O–H groups in total. The van der Waals surface area contributed by atoms with E-state index in [1.54, 1.807) is 0 Å². The molecule has 13 nitrogen and oxygen atoms in total. The molecule has 0 radical (unpaired) electrons. The van der Waals surface area contributed by atoms with Crippen molar-refractivity contribution in [3.05, 3.63) is 36.5 Å². The fourth-order valence-corrected chi connectivity index (χ4v) is 7.38. The van der Waals surface area contributed by atoms with Crippen LogP contribution in [-0.4, -0.2) is 98.3 Å². The van der Waals surface area contributed by atoms with Crippen molar-refractivity contribution in [1.29, 1.82) is 0 Å². The number of phosphoric ester groups is 1. The number of unbranched alkanes of at least 4 members (excludes halogenated alkanes) is 17. The van der Waals surface area contributed by atoms with Crippen LogP contribution in [-0.2, 0) is 32.7 Å². The Bertz CT molecular complexity index is 1150. The van der Waals surface area contributed by atoms with Gasteiger partial charge in [0.15, 0.2) is 6.10 Å². The smallest absolute Gasteiger partial charge is 0.462 e. The second-order valence-electron chi connectivity index (χ2n) is 15.2. The van der Waals surface area contributed by atoms with E-state index in [1.807, 2.05) is 0 Å². The van der Waals surface area contributed by atoms with Crippen LogP contribution in [0.4, 0.5) is 0 Å². The number of hydrogen-bond donors (Lipinski definition) is 6. The van der Waals surface area contributed by atoms with Gasteiger partial charge in [-0.3, -0.25) is 18.6 Å². The van der Waals surface area contributed by atoms with Crippen LogP contribution < -0.4 is 0 Å². The van der Waals surface area contributed by atoms with Crippen LogP contribution in [0, 0.1) is 0 Å². The van der Waals surface area contributed by atoms with Crippen LogP contribution in [0.1, 0.15) is 168 Å². The molecular weight excluding hydrogens is 755 g/mol. The SMILES string of the molecule is CCCCC/C=C\C/C=C\C/C=C\CCCCCCCCC(=O)OC(COC(=O)CCCCCCCCCCC)COP(=O)(O)OC1C(O)C(O)C(O)C(O)C1O. The molecule has 6 unspecified atom stereocenters. The number of carbonyl (C=O) groups is 2. The Morgan fingerprint density at radius 3 is 1.47 bits per heavy atom. The first kappa shape index (κ1) is 53.1. The van der Waals surface area contributed by atoms with Crippen LogP contribution in [0.5, 0.6) is 0 Å². The number of esters is 2. The zero-order valence-corrected chi connectivity index (χ0v) is 35.8. The Morgan fingerprint density at radius 2 is 0.947 bits per heavy atom. The third kappa shape index (κ3) is 26.7. The summed E-state index contributed by atoms with van der Waals surface area (Å²) in [5, 5.41) is 50.0. The summed E-state index contributed by atoms with van der Waals surface area (Å²) in [6, 6.07) is 0. The minimum Gasteiger partial charge on any atom is -0.462 e. The Labute approximate surface area is 342 Å². The van der Waals surface area contributed by atoms with E-state index in [-0.39, 0.29) is 12.8 Å². The summed E-state index contributed by atoms with van der Waals surface area (Å²) in [4.78, 5) is 35.5. The van der Waals surface area contributed by atoms with Gasteiger partial charge in [0.25, 0.3) is 0 Å². The van der Waals surface area contributed by atoms with E-state index in [9.17, 15) is 44.6 Å². The van der Waals surface area contributed by atoms with Gasteiger partial charge in [0, 0.05) is 12.8 Å². The Morgan fingerprint density at radius 1 is 0.544 bits per heavy atom. The quantitative estimate of drug-likeness (QED) is 0.0156. The zero-order valence-electron chi connectivity index (χ0n) is 34.9. The van der Waals surface area contributed by atoms with Crippen molar-refractivity contribution >= 4 is 19.8 Å². The van der Waals surface area contributed by atoms with Crippen molar-refractivity contribution in [3.63, 3.8) is 0 Å². The summed E-state index contributed by atoms with van der Waals surface area (Å²) < 4.78 is 33.4. The molecule has 0 saturated heterocycles. The highest BCUT2D eigenvalue weighted by atomic mass is 31.2. The van der Waals surface area contributed by atoms with Gasteiger partial charge in [0.2, 0.25) is 0 Å². The van der Waals surface area contributed by atoms with Gasteiger partial charge >= 0.3 is 19.8 Å². The number of carbonyl (C=O) groups excluding carboxylic acids is 2. The lowest BCUT2D eigenvalue weighted by Crippen LogP contribution is -2.64. The zero-order chi connectivity index (χ0) is 42.2. The first-order valence-electron chi connectivity index (χ1n) is 21.8. The lowest BCUT2D eigenvalue weighted by Gasteiger charge is -2.41. The van der Waals surface area contributed by atoms with Crippen LogP contribution in [0.15, 0.2) is 36.5 Å². The molecule has 6 atom stereocenters. The van der Waals surface area contributed by atoms with Gasteiger partial charge in [0.1, 0.15) is 43.2 Å². The summed E-state index contributed by atoms with van der Waals surface area (Å²) in [5.74, 6) is -1.12. The standard InChI is InChI=1S/C43H77O13P/c1-3-5-7-9-11-13-14-15-16-17-18-19-20-21-22-24-26-28-30-32-37(45)55-35(33-53-36(44)31-29-27-25-23-12-10-8-6-4-2)34-54-57(51,52)56-43-41(49)39(47)38(46)40(48)42(43)50/h11,13,15-16,18-19,35,38-43,46-50H,3-10,12,14,17,20-34H2,1-2H3,(H,51,52)/b13-11-,16-15-,19-18-. The topological polar surface area (TPSA) is 210 Å². The van der Waals surface area contributed by atoms with Gasteiger partial charge in [-0.15, -0.1) is 0 Å². The van der Waals surface area contributed by atoms with Gasteiger partial charge < -0.3 is 39.9 Å². The van der Waals surface area contributed by atoms with Crippen LogP contribution in [0.2, 0.25) is 0 Å². The van der Waals surface area contributed by atoms with Crippen LogP contribution >= 0.6 is 7.82 Å². The highest BCUT2D eigenvalue weighted by Crippen LogP contribution is 2.47. The lowest BCUT2D eigenvalue weighted by molar-refractivity contribution is -0.220. The maximum Gasteiger partial charge on any atom is 0.472 e. The van der Waals surface area contributed by atoms with Gasteiger partial charge in [-0.25, -0.2) is 4.57 Å². The number of ether oxygens (including phenoxy) is 2. The highest BCUT2D eigenvalue weighted by molar-refractivity contribution is 7.47. The molecule has 14 heteroatoms. The van der Waals surface area contributed by atoms with Crippen molar-refractivity contribution in [2.24, 2.45) is 0 Å². The first-order valence-corrected chi connectivity index (χ1v) is 23.3. The summed E-state index contributed by atoms with van der Waals surface area (Å²) in [7, 11) is -5.11. The average Bonchev–Trinajstić information content (AvgIpc) is 3.19. The number of aliphatic hydroxyl groups is 5. The number of rotatable bonds is 35. The third-order valence-corrected chi connectivity index (χ3v) is 11.0. The average molecular weight is 833 g/mol. The Hall–Kier alpha value is -1.93. The molecule has 0 aromatic heterocycles. The van der Waals surface area contributed by atoms with Crippen molar-refractivity contribution in [1.82, 2.24) is 0 Å². The van der Waals surface area contributed by atoms with E-state index < -0.39 is 75.7 Å². The summed E-state index contributed by atoms with van der Waals surface area (Å²) in [6.07, 6.45) is 23.6. The fourth-order valence-electron chi connectivity index (χ4n) is 6.41. The molecule has 0 heterocycles. The molecule has 57 heavy (non-hydrogen) atoms. The van der Waals surface area contributed by atoms with Gasteiger partial charge in [-0.2, -0.15) is 0 Å². The van der Waals surface area contributed by atoms with Crippen molar-refractivity contribution in [2.75, 3.05) is 13.2 Å². The van der Waals surface area contributed by atoms with E-state index in [0.29, 0.717) is 12.8 Å². The molecule has 1 aliphatic carbocycles. The Kier molecular flexibility index (Phi) is 31.5. The lowest BCUT2D eigenvalue weighted by atomic mass is 9.85. The van der Waals surface area contributed by atoms with E-state index in [0.717, 1.165) is 77.0 Å². The third-order valence-electron chi connectivity index (χ3n) is 9.98. The largest absolute Gasteiger partial charge is 0.472 e. The molecule has 1 fully saturated rings. The number of allylic oxidation sites excluding steroid dienone is 6. The van der Waals surface area contributed by atoms with E-state index in [1.165, 1.54) is 51.4 Å². The summed E-state index contributed by atoms with van der Waals surface area (Å²) in [6.45, 7) is 3.22. The molecule has 0 spiro atoms.